The van der Waals surface area contributed by atoms with Crippen molar-refractivity contribution in [1.29, 1.82) is 0 Å². The molecule has 7 unspecified atom stereocenters. The van der Waals surface area contributed by atoms with Gasteiger partial charge >= 0.3 is 35.9 Å². The van der Waals surface area contributed by atoms with Crippen LogP contribution in [0.4, 0.5) is 0 Å². The van der Waals surface area contributed by atoms with Crippen LogP contribution < -0.4 is 18.9 Å². The zero-order chi connectivity index (χ0) is 53.4. The molecule has 2 aliphatic heterocycles. The van der Waals surface area contributed by atoms with E-state index >= 15 is 0 Å². The molecule has 9 fully saturated rings. The molecular formula is C63H112CuLiO9Si2. The van der Waals surface area contributed by atoms with Gasteiger partial charge in [0.25, 0.3) is 0 Å². The zero-order valence-electron chi connectivity index (χ0n) is 53.1. The second-order valence-corrected chi connectivity index (χ2v) is 39.9. The topological polar surface area (TPSA) is 98.8 Å². The minimum Gasteiger partial charge on any atom is -0.413 e. The van der Waals surface area contributed by atoms with Crippen LogP contribution in [0.25, 0.3) is 0 Å². The predicted octanol–water partition coefficient (Wildman–Crippen LogP) is 12.7. The van der Waals surface area contributed by atoms with Crippen LogP contribution in [0.15, 0.2) is 11.6 Å². The molecule has 9 nitrogen and oxygen atoms in total. The minimum atomic E-state index is -1.84. The fraction of sp³-hybridized carbons (Fsp3) is 0.905. The van der Waals surface area contributed by atoms with Crippen LogP contribution >= 0.6 is 0 Å². The molecule has 10 aliphatic rings. The van der Waals surface area contributed by atoms with Crippen molar-refractivity contribution >= 4 is 28.2 Å². The summed E-state index contributed by atoms with van der Waals surface area (Å²) in [4.78, 5) is 25.2. The van der Waals surface area contributed by atoms with E-state index in [1.165, 1.54) is 50.5 Å². The molecule has 0 aromatic carbocycles. The molecule has 0 aromatic heterocycles. The summed E-state index contributed by atoms with van der Waals surface area (Å²) in [5, 5.41) is 0.452. The Bertz CT molecular complexity index is 2080. The third-order valence-corrected chi connectivity index (χ3v) is 32.6. The largest absolute Gasteiger partial charge is 1.00 e. The Hall–Kier alpha value is 0.351. The Balaban J connectivity index is 0.000000288. The van der Waals surface area contributed by atoms with Gasteiger partial charge in [0.1, 0.15) is 11.9 Å². The van der Waals surface area contributed by atoms with Crippen molar-refractivity contribution in [2.24, 2.45) is 62.6 Å². The van der Waals surface area contributed by atoms with E-state index in [0.717, 1.165) is 38.9 Å². The molecule has 0 amide bonds. The first kappa shape index (κ1) is 68.8. The summed E-state index contributed by atoms with van der Waals surface area (Å²) in [6.45, 7) is 50.0. The first-order valence-electron chi connectivity index (χ1n) is 29.4. The number of hydrogen-bond donors (Lipinski definition) is 0. The average molecular weight is 1140 g/mol. The Kier molecular flexibility index (Phi) is 20.9. The first-order valence-corrected chi connectivity index (χ1v) is 35.2. The van der Waals surface area contributed by atoms with Gasteiger partial charge < -0.3 is 47.4 Å². The van der Waals surface area contributed by atoms with E-state index in [9.17, 15) is 9.59 Å². The van der Waals surface area contributed by atoms with Gasteiger partial charge in [-0.15, -0.1) is 0 Å². The maximum Gasteiger partial charge on any atom is 1.00 e. The van der Waals surface area contributed by atoms with Gasteiger partial charge in [-0.05, 0) is 211 Å². The van der Waals surface area contributed by atoms with Gasteiger partial charge in [0.2, 0.25) is 0 Å². The van der Waals surface area contributed by atoms with E-state index in [1.54, 1.807) is 0 Å². The van der Waals surface area contributed by atoms with Crippen LogP contribution in [0.5, 0.6) is 0 Å². The summed E-state index contributed by atoms with van der Waals surface area (Å²) in [7, 11) is -3.68. The van der Waals surface area contributed by atoms with Crippen LogP contribution in [0, 0.1) is 77.4 Å². The molecule has 2 saturated heterocycles. The summed E-state index contributed by atoms with van der Waals surface area (Å²) < 4.78 is 45.9. The summed E-state index contributed by atoms with van der Waals surface area (Å²) in [6.07, 6.45) is 16.4. The quantitative estimate of drug-likeness (QED) is 0.190. The number of carbonyl (C=O) groups is 2. The molecule has 8 aliphatic carbocycles. The third kappa shape index (κ3) is 11.5. The van der Waals surface area contributed by atoms with Crippen molar-refractivity contribution in [2.75, 3.05) is 13.2 Å². The fourth-order valence-corrected chi connectivity index (χ4v) is 20.3. The van der Waals surface area contributed by atoms with Crippen LogP contribution in [-0.2, 0) is 59.2 Å². The number of carbonyl (C=O) groups excluding carboxylic acids is 2. The normalized spacial score (nSPS) is 43.4. The van der Waals surface area contributed by atoms with Crippen molar-refractivity contribution in [2.45, 2.75) is 286 Å². The number of ketones is 2. The van der Waals surface area contributed by atoms with Crippen LogP contribution in [0.3, 0.4) is 0 Å². The van der Waals surface area contributed by atoms with Gasteiger partial charge in [-0.25, -0.2) is 0 Å². The third-order valence-electron chi connectivity index (χ3n) is 23.6. The molecule has 2 heterocycles. The second kappa shape index (κ2) is 23.1. The number of rotatable bonds is 6. The second-order valence-electron chi connectivity index (χ2n) is 30.4. The molecule has 0 aromatic rings. The summed E-state index contributed by atoms with van der Waals surface area (Å²) in [5.41, 5.74) is 1.64. The molecule has 0 spiro atoms. The van der Waals surface area contributed by atoms with E-state index < -0.39 is 28.2 Å². The Labute approximate surface area is 491 Å². The molecule has 438 valence electrons. The molecular weight excluding hydrogens is 1030 g/mol. The van der Waals surface area contributed by atoms with Gasteiger partial charge in [0, 0.05) is 37.9 Å². The monoisotopic (exact) mass is 1140 g/mol. The fourth-order valence-electron chi connectivity index (χ4n) is 17.4. The molecule has 76 heavy (non-hydrogen) atoms. The Morgan fingerprint density at radius 2 is 1.04 bits per heavy atom. The smallest absolute Gasteiger partial charge is 0.413 e. The van der Waals surface area contributed by atoms with Crippen LogP contribution in [0.2, 0.25) is 36.3 Å². The Morgan fingerprint density at radius 3 is 1.51 bits per heavy atom. The predicted molar refractivity (Wildman–Crippen MR) is 306 cm³/mol. The molecule has 17 atom stereocenters. The van der Waals surface area contributed by atoms with Gasteiger partial charge in [-0.3, -0.25) is 9.59 Å². The van der Waals surface area contributed by atoms with Gasteiger partial charge in [-0.1, -0.05) is 76.2 Å². The van der Waals surface area contributed by atoms with Crippen molar-refractivity contribution in [1.82, 2.24) is 0 Å². The summed E-state index contributed by atoms with van der Waals surface area (Å²) in [5.74, 6) is 2.79. The van der Waals surface area contributed by atoms with Crippen LogP contribution in [0.1, 0.15) is 201 Å². The van der Waals surface area contributed by atoms with Gasteiger partial charge in [0.15, 0.2) is 34.0 Å². The maximum atomic E-state index is 12.8. The van der Waals surface area contributed by atoms with Crippen molar-refractivity contribution in [3.05, 3.63) is 26.5 Å². The van der Waals surface area contributed by atoms with E-state index in [4.69, 9.17) is 32.5 Å². The summed E-state index contributed by atoms with van der Waals surface area (Å²) >= 11 is 0. The number of fused-ring (bicyclic) bond motifs is 16. The molecule has 7 saturated carbocycles. The van der Waals surface area contributed by atoms with Crippen LogP contribution in [-0.4, -0.2) is 89.6 Å². The minimum absolute atomic E-state index is 0. The van der Waals surface area contributed by atoms with E-state index in [0.29, 0.717) is 66.3 Å². The SMILES string of the molecule is CC1(C)O[C@@H]2C3=CC(=O)CC[C@]3(C)C3CC[C@@]4(C)C(CC[C@@H]4O[Si](C)(C)C(C)(C)C)C3[C@H]2O1.CC1(C)O[C@@H]2C3C4CC[C@H](O[Si](C)(C)C(C)(C)C)[C@@]4(C)CCC3[C@@]3(C)CCC(=O)CC3(C)[C@H]2O1.CCOCC.[CH3-].[CH3-].[Cu+].[Li+]. The standard InChI is InChI=1S/C29H50O4Si.C28H46O4Si.C4H10O.2CH3.Cu.Li/c1-25(2,3)34(9,10)33-21-12-11-19-22-20(14-15-27(19,21)6)28(7)16-13-18(30)17-29(28,8)24-23(22)31-26(4,5)32-24;1-25(2,3)33(8,9)32-21-11-10-18-22-19(13-15-28(18,21)7)27(6)14-12-17(29)16-20(27)23-24(22)31-26(4,5)30-23;1-3-5-4-2;;;;/h19-24H,11-17H2,1-10H3;16,18-19,21-24H,10-15H2,1-9H3;3-4H2,1-2H3;2*1H3;;/q;;;2*-1;2*+1/t19?,20?,21-,22?,23+,24-,27-,28+,29?;18?,19?,21-,22?,23+,24+,27+,28-;;;;;/m00...../s1. The number of hydrogen-bond acceptors (Lipinski definition) is 9. The van der Waals surface area contributed by atoms with E-state index in [2.05, 4.69) is 116 Å². The van der Waals surface area contributed by atoms with Crippen molar-refractivity contribution in [3.8, 4) is 0 Å². The molecule has 10 rings (SSSR count). The molecule has 13 heteroatoms. The van der Waals surface area contributed by atoms with Crippen molar-refractivity contribution < 1.29 is 78.1 Å². The maximum absolute atomic E-state index is 12.8. The van der Waals surface area contributed by atoms with Gasteiger partial charge in [0.05, 0.1) is 30.5 Å². The van der Waals surface area contributed by atoms with Gasteiger partial charge in [-0.2, -0.15) is 0 Å². The number of ether oxygens (including phenoxy) is 5. The zero-order valence-corrected chi connectivity index (χ0v) is 56.0. The van der Waals surface area contributed by atoms with Crippen molar-refractivity contribution in [3.63, 3.8) is 0 Å². The number of Topliss-reactive ketones (excluding diaryl/α,β-unsaturated/α-hetero) is 1. The van der Waals surface area contributed by atoms with E-state index in [-0.39, 0.29) is 118 Å². The first-order chi connectivity index (χ1) is 33.0. The molecule has 0 radical (unpaired) electrons. The van der Waals surface area contributed by atoms with E-state index in [1.807, 2.05) is 33.8 Å². The molecule has 0 N–H and O–H groups in total. The molecule has 0 bridgehead atoms. The summed E-state index contributed by atoms with van der Waals surface area (Å²) in [6, 6.07) is 0. The average Bonchev–Trinajstić information content (AvgIpc) is 3.98. The Morgan fingerprint density at radius 1 is 0.579 bits per heavy atom.